The van der Waals surface area contributed by atoms with Crippen molar-refractivity contribution in [3.63, 3.8) is 0 Å². The van der Waals surface area contributed by atoms with E-state index in [0.29, 0.717) is 18.1 Å². The van der Waals surface area contributed by atoms with Gasteiger partial charge < -0.3 is 4.74 Å². The van der Waals surface area contributed by atoms with Crippen LogP contribution < -0.4 is 4.74 Å². The van der Waals surface area contributed by atoms with E-state index >= 15 is 0 Å². The van der Waals surface area contributed by atoms with Crippen molar-refractivity contribution >= 4 is 43.2 Å². The van der Waals surface area contributed by atoms with Gasteiger partial charge in [0, 0.05) is 22.3 Å². The number of rotatable bonds is 6. The minimum Gasteiger partial charge on any atom is -0.493 e. The van der Waals surface area contributed by atoms with Crippen LogP contribution in [0, 0.1) is 6.92 Å². The average molecular weight is 381 g/mol. The fourth-order valence-corrected chi connectivity index (χ4v) is 4.52. The summed E-state index contributed by atoms with van der Waals surface area (Å²) in [6.45, 7) is 2.52. The van der Waals surface area contributed by atoms with E-state index in [2.05, 4.69) is 23.0 Å². The van der Waals surface area contributed by atoms with Crippen molar-refractivity contribution in [3.8, 4) is 5.75 Å². The van der Waals surface area contributed by atoms with E-state index in [4.69, 9.17) is 4.74 Å². The predicted octanol–water partition coefficient (Wildman–Crippen LogP) is 3.57. The van der Waals surface area contributed by atoms with Crippen molar-refractivity contribution in [3.05, 3.63) is 41.5 Å². The average Bonchev–Trinajstić information content (AvgIpc) is 2.92. The van der Waals surface area contributed by atoms with Crippen LogP contribution in [0.25, 0.3) is 10.2 Å². The number of nitrogens with zero attached hydrogens (tertiary/aromatic N) is 2. The molecule has 1 aromatic carbocycles. The molecule has 0 amide bonds. The van der Waals surface area contributed by atoms with E-state index in [1.54, 1.807) is 53.7 Å². The van der Waals surface area contributed by atoms with Crippen molar-refractivity contribution in [2.24, 2.45) is 0 Å². The number of thioether (sulfide) groups is 1. The standard InChI is InChI=1S/C16H16N2O3S3/c1-11-8-14-15(17-10-18-16(14)23-11)22-7-6-21-12-4-3-5-13(9-12)24(2,19)20/h3-5,8-10H,6-7H2,1-2H3. The maximum absolute atomic E-state index is 11.6. The van der Waals surface area contributed by atoms with Crippen molar-refractivity contribution in [2.45, 2.75) is 16.8 Å². The van der Waals surface area contributed by atoms with E-state index in [9.17, 15) is 8.42 Å². The molecule has 0 aliphatic heterocycles. The van der Waals surface area contributed by atoms with Gasteiger partial charge in [-0.25, -0.2) is 18.4 Å². The van der Waals surface area contributed by atoms with Crippen molar-refractivity contribution in [1.29, 1.82) is 0 Å². The molecule has 0 aliphatic carbocycles. The second-order valence-electron chi connectivity index (χ2n) is 5.20. The van der Waals surface area contributed by atoms with Crippen molar-refractivity contribution in [1.82, 2.24) is 9.97 Å². The lowest BCUT2D eigenvalue weighted by Crippen LogP contribution is -2.02. The normalized spacial score (nSPS) is 11.8. The molecule has 2 aromatic heterocycles. The van der Waals surface area contributed by atoms with E-state index in [0.717, 1.165) is 15.2 Å². The number of fused-ring (bicyclic) bond motifs is 1. The highest BCUT2D eigenvalue weighted by atomic mass is 32.2. The number of hydrogen-bond donors (Lipinski definition) is 0. The molecule has 0 fully saturated rings. The smallest absolute Gasteiger partial charge is 0.175 e. The minimum atomic E-state index is -3.22. The molecule has 0 radical (unpaired) electrons. The predicted molar refractivity (Wildman–Crippen MR) is 97.9 cm³/mol. The summed E-state index contributed by atoms with van der Waals surface area (Å²) in [5.74, 6) is 1.27. The number of aromatic nitrogens is 2. The molecule has 0 saturated carbocycles. The van der Waals surface area contributed by atoms with Crippen LogP contribution in [0.2, 0.25) is 0 Å². The molecule has 3 rings (SSSR count). The zero-order valence-electron chi connectivity index (χ0n) is 13.2. The molecule has 126 valence electrons. The molecule has 0 atom stereocenters. The summed E-state index contributed by atoms with van der Waals surface area (Å²) >= 11 is 3.26. The summed E-state index contributed by atoms with van der Waals surface area (Å²) in [4.78, 5) is 11.1. The van der Waals surface area contributed by atoms with E-state index in [1.807, 2.05) is 0 Å². The molecule has 24 heavy (non-hydrogen) atoms. The lowest BCUT2D eigenvalue weighted by atomic mass is 10.3. The second-order valence-corrected chi connectivity index (χ2v) is 9.53. The van der Waals surface area contributed by atoms with Crippen LogP contribution in [-0.4, -0.2) is 37.0 Å². The fourth-order valence-electron chi connectivity index (χ4n) is 2.16. The van der Waals surface area contributed by atoms with Gasteiger partial charge in [-0.2, -0.15) is 0 Å². The summed E-state index contributed by atoms with van der Waals surface area (Å²) < 4.78 is 28.8. The number of ether oxygens (including phenoxy) is 1. The molecule has 0 N–H and O–H groups in total. The quantitative estimate of drug-likeness (QED) is 0.370. The Bertz CT molecular complexity index is 968. The summed E-state index contributed by atoms with van der Waals surface area (Å²) in [6, 6.07) is 8.64. The third-order valence-corrected chi connectivity index (χ3v) is 6.28. The first-order valence-corrected chi connectivity index (χ1v) is 10.9. The van der Waals surface area contributed by atoms with Crippen LogP contribution in [0.4, 0.5) is 0 Å². The van der Waals surface area contributed by atoms with Gasteiger partial charge in [0.05, 0.1) is 11.5 Å². The highest BCUT2D eigenvalue weighted by molar-refractivity contribution is 7.99. The highest BCUT2D eigenvalue weighted by Crippen LogP contribution is 2.30. The monoisotopic (exact) mass is 380 g/mol. The Kier molecular flexibility index (Phi) is 5.07. The van der Waals surface area contributed by atoms with Gasteiger partial charge in [0.2, 0.25) is 0 Å². The second kappa shape index (κ2) is 7.08. The minimum absolute atomic E-state index is 0.263. The fraction of sp³-hybridized carbons (Fsp3) is 0.250. The molecule has 0 saturated heterocycles. The van der Waals surface area contributed by atoms with Crippen LogP contribution in [0.5, 0.6) is 5.75 Å². The molecular weight excluding hydrogens is 364 g/mol. The van der Waals surface area contributed by atoms with Gasteiger partial charge >= 0.3 is 0 Å². The molecule has 0 bridgehead atoms. The first kappa shape index (κ1) is 17.2. The molecule has 8 heteroatoms. The zero-order valence-corrected chi connectivity index (χ0v) is 15.7. The van der Waals surface area contributed by atoms with Gasteiger partial charge in [-0.3, -0.25) is 0 Å². The van der Waals surface area contributed by atoms with Crippen molar-refractivity contribution in [2.75, 3.05) is 18.6 Å². The molecule has 2 heterocycles. The van der Waals surface area contributed by atoms with Gasteiger partial charge in [0.15, 0.2) is 9.84 Å². The van der Waals surface area contributed by atoms with Gasteiger partial charge in [-0.05, 0) is 31.2 Å². The highest BCUT2D eigenvalue weighted by Gasteiger charge is 2.09. The van der Waals surface area contributed by atoms with Gasteiger partial charge in [0.1, 0.15) is 21.9 Å². The van der Waals surface area contributed by atoms with E-state index in [1.165, 1.54) is 11.1 Å². The summed E-state index contributed by atoms with van der Waals surface area (Å²) in [6.07, 6.45) is 2.77. The molecule has 0 unspecified atom stereocenters. The van der Waals surface area contributed by atoms with Crippen LogP contribution in [0.1, 0.15) is 4.88 Å². The summed E-state index contributed by atoms with van der Waals surface area (Å²) in [7, 11) is -3.22. The third kappa shape index (κ3) is 4.06. The van der Waals surface area contributed by atoms with Gasteiger partial charge in [-0.15, -0.1) is 23.1 Å². The zero-order chi connectivity index (χ0) is 17.2. The maximum Gasteiger partial charge on any atom is 0.175 e. The van der Waals surface area contributed by atoms with Gasteiger partial charge in [0.25, 0.3) is 0 Å². The summed E-state index contributed by atoms with van der Waals surface area (Å²) in [5.41, 5.74) is 0. The van der Waals surface area contributed by atoms with Crippen LogP contribution in [-0.2, 0) is 9.84 Å². The molecule has 0 spiro atoms. The largest absolute Gasteiger partial charge is 0.493 e. The van der Waals surface area contributed by atoms with Crippen LogP contribution in [0.3, 0.4) is 0 Å². The number of aryl methyl sites for hydroxylation is 1. The topological polar surface area (TPSA) is 69.2 Å². The first-order valence-electron chi connectivity index (χ1n) is 7.20. The molecule has 0 aliphatic rings. The molecular formula is C16H16N2O3S3. The lowest BCUT2D eigenvalue weighted by molar-refractivity contribution is 0.343. The number of benzene rings is 1. The van der Waals surface area contributed by atoms with E-state index in [-0.39, 0.29) is 4.90 Å². The SMILES string of the molecule is Cc1cc2c(SCCOc3cccc(S(C)(=O)=O)c3)ncnc2s1. The Balaban J connectivity index is 1.61. The van der Waals surface area contributed by atoms with Crippen LogP contribution >= 0.6 is 23.1 Å². The lowest BCUT2D eigenvalue weighted by Gasteiger charge is -2.07. The van der Waals surface area contributed by atoms with Crippen molar-refractivity contribution < 1.29 is 13.2 Å². The third-order valence-electron chi connectivity index (χ3n) is 3.24. The molecule has 3 aromatic rings. The number of sulfone groups is 1. The number of thiophene rings is 1. The van der Waals surface area contributed by atoms with Gasteiger partial charge in [-0.1, -0.05) is 6.07 Å². The van der Waals surface area contributed by atoms with E-state index < -0.39 is 9.84 Å². The summed E-state index contributed by atoms with van der Waals surface area (Å²) in [5, 5.41) is 2.02. The Morgan fingerprint density at radius 2 is 2.08 bits per heavy atom. The Labute approximate surface area is 149 Å². The van der Waals surface area contributed by atoms with Crippen LogP contribution in [0.15, 0.2) is 46.6 Å². The Morgan fingerprint density at radius 1 is 1.25 bits per heavy atom. The maximum atomic E-state index is 11.6. The molecule has 5 nitrogen and oxygen atoms in total. The number of hydrogen-bond acceptors (Lipinski definition) is 7. The Morgan fingerprint density at radius 3 is 2.88 bits per heavy atom. The first-order chi connectivity index (χ1) is 11.4. The Hall–Kier alpha value is -1.64.